The van der Waals surface area contributed by atoms with E-state index in [0.29, 0.717) is 12.6 Å². The van der Waals surface area contributed by atoms with Crippen molar-refractivity contribution in [2.45, 2.75) is 45.3 Å². The zero-order chi connectivity index (χ0) is 12.7. The molecule has 17 heavy (non-hydrogen) atoms. The zero-order valence-corrected chi connectivity index (χ0v) is 11.0. The molecule has 5 nitrogen and oxygen atoms in total. The van der Waals surface area contributed by atoms with Gasteiger partial charge in [-0.2, -0.15) is 0 Å². The van der Waals surface area contributed by atoms with E-state index < -0.39 is 5.60 Å². The Labute approximate surface area is 103 Å². The molecular weight excluding hydrogens is 220 g/mol. The van der Waals surface area contributed by atoms with E-state index in [4.69, 9.17) is 9.47 Å². The van der Waals surface area contributed by atoms with E-state index >= 15 is 0 Å². The summed E-state index contributed by atoms with van der Waals surface area (Å²) < 4.78 is 10.6. The average Bonchev–Trinajstić information content (AvgIpc) is 2.43. The maximum atomic E-state index is 11.4. The summed E-state index contributed by atoms with van der Waals surface area (Å²) >= 11 is 0. The maximum absolute atomic E-state index is 11.4. The third-order valence-corrected chi connectivity index (χ3v) is 2.38. The van der Waals surface area contributed by atoms with Crippen LogP contribution in [0.3, 0.4) is 0 Å². The number of hydrogen-bond acceptors (Lipinski definition) is 4. The van der Waals surface area contributed by atoms with Crippen molar-refractivity contribution in [3.05, 3.63) is 0 Å². The highest BCUT2D eigenvalue weighted by molar-refractivity contribution is 5.67. The fourth-order valence-electron chi connectivity index (χ4n) is 1.61. The molecule has 2 N–H and O–H groups in total. The van der Waals surface area contributed by atoms with E-state index in [2.05, 4.69) is 10.6 Å². The van der Waals surface area contributed by atoms with Crippen LogP contribution in [0, 0.1) is 0 Å². The van der Waals surface area contributed by atoms with Gasteiger partial charge in [0.15, 0.2) is 0 Å². The van der Waals surface area contributed by atoms with Crippen LogP contribution in [-0.2, 0) is 9.47 Å². The highest BCUT2D eigenvalue weighted by Crippen LogP contribution is 2.06. The van der Waals surface area contributed by atoms with Gasteiger partial charge in [-0.1, -0.05) is 0 Å². The summed E-state index contributed by atoms with van der Waals surface area (Å²) in [5, 5.41) is 6.14. The lowest BCUT2D eigenvalue weighted by Gasteiger charge is -2.20. The van der Waals surface area contributed by atoms with Gasteiger partial charge in [0, 0.05) is 19.2 Å². The molecule has 0 radical (unpaired) electrons. The number of carbonyl (C=O) groups excluding carboxylic acids is 1. The number of nitrogens with one attached hydrogen (secondary N) is 2. The van der Waals surface area contributed by atoms with Crippen LogP contribution in [0.4, 0.5) is 4.79 Å². The van der Waals surface area contributed by atoms with Crippen molar-refractivity contribution in [1.29, 1.82) is 0 Å². The van der Waals surface area contributed by atoms with Gasteiger partial charge in [-0.25, -0.2) is 4.79 Å². The quantitative estimate of drug-likeness (QED) is 0.785. The largest absolute Gasteiger partial charge is 0.444 e. The summed E-state index contributed by atoms with van der Waals surface area (Å²) in [6.07, 6.45) is 1.56. The van der Waals surface area contributed by atoms with Gasteiger partial charge in [0.25, 0.3) is 0 Å². The summed E-state index contributed by atoms with van der Waals surface area (Å²) in [5.74, 6) is 0. The van der Waals surface area contributed by atoms with Crippen molar-refractivity contribution < 1.29 is 14.3 Å². The van der Waals surface area contributed by atoms with Crippen molar-refractivity contribution >= 4 is 6.09 Å². The topological polar surface area (TPSA) is 59.6 Å². The van der Waals surface area contributed by atoms with Crippen LogP contribution in [0.2, 0.25) is 0 Å². The molecule has 0 saturated carbocycles. The number of rotatable bonds is 3. The third-order valence-electron chi connectivity index (χ3n) is 2.38. The summed E-state index contributed by atoms with van der Waals surface area (Å²) in [6, 6.07) is 0.326. The minimum atomic E-state index is -0.437. The standard InChI is InChI=1S/C12H24N2O3/c1-12(2,3)17-11(15)14-7-5-10-9-16-8-4-6-13-10/h10,13H,4-9H2,1-3H3,(H,14,15). The third kappa shape index (κ3) is 7.18. The molecule has 0 aliphatic carbocycles. The summed E-state index contributed by atoms with van der Waals surface area (Å²) in [4.78, 5) is 11.4. The smallest absolute Gasteiger partial charge is 0.407 e. The number of alkyl carbamates (subject to hydrolysis) is 1. The highest BCUT2D eigenvalue weighted by Gasteiger charge is 2.16. The second-order valence-electron chi connectivity index (χ2n) is 5.30. The fourth-order valence-corrected chi connectivity index (χ4v) is 1.61. The van der Waals surface area contributed by atoms with Crippen LogP contribution in [0.1, 0.15) is 33.6 Å². The number of ether oxygens (including phenoxy) is 2. The summed E-state index contributed by atoms with van der Waals surface area (Å²) in [6.45, 7) is 8.69. The molecule has 1 rings (SSSR count). The van der Waals surface area contributed by atoms with Gasteiger partial charge in [0.05, 0.1) is 6.61 Å². The van der Waals surface area contributed by atoms with Crippen LogP contribution >= 0.6 is 0 Å². The first-order valence-electron chi connectivity index (χ1n) is 6.25. The van der Waals surface area contributed by atoms with Crippen molar-refractivity contribution in [1.82, 2.24) is 10.6 Å². The predicted molar refractivity (Wildman–Crippen MR) is 66.1 cm³/mol. The molecule has 1 heterocycles. The maximum Gasteiger partial charge on any atom is 0.407 e. The summed E-state index contributed by atoms with van der Waals surface area (Å²) in [5.41, 5.74) is -0.437. The first kappa shape index (κ1) is 14.3. The van der Waals surface area contributed by atoms with E-state index in [1.807, 2.05) is 20.8 Å². The molecule has 0 bridgehead atoms. The van der Waals surface area contributed by atoms with Crippen LogP contribution < -0.4 is 10.6 Å². The minimum Gasteiger partial charge on any atom is -0.444 e. The molecular formula is C12H24N2O3. The molecule has 1 amide bonds. The Morgan fingerprint density at radius 2 is 2.29 bits per heavy atom. The summed E-state index contributed by atoms with van der Waals surface area (Å²) in [7, 11) is 0. The normalized spacial score (nSPS) is 21.7. The number of amides is 1. The number of carbonyl (C=O) groups is 1. The van der Waals surface area contributed by atoms with Gasteiger partial charge < -0.3 is 20.1 Å². The van der Waals surface area contributed by atoms with Gasteiger partial charge >= 0.3 is 6.09 Å². The molecule has 100 valence electrons. The Morgan fingerprint density at radius 1 is 1.53 bits per heavy atom. The van der Waals surface area contributed by atoms with Gasteiger partial charge in [-0.15, -0.1) is 0 Å². The molecule has 0 spiro atoms. The van der Waals surface area contributed by atoms with E-state index in [0.717, 1.165) is 32.6 Å². The molecule has 1 unspecified atom stereocenters. The molecule has 1 saturated heterocycles. The Balaban J connectivity index is 2.12. The molecule has 1 aliphatic rings. The molecule has 1 atom stereocenters. The fraction of sp³-hybridized carbons (Fsp3) is 0.917. The van der Waals surface area contributed by atoms with Gasteiger partial charge in [-0.3, -0.25) is 0 Å². The molecule has 1 aliphatic heterocycles. The Kier molecular flexibility index (Phi) is 5.71. The lowest BCUT2D eigenvalue weighted by molar-refractivity contribution is 0.0523. The zero-order valence-electron chi connectivity index (χ0n) is 11.0. The van der Waals surface area contributed by atoms with Crippen molar-refractivity contribution in [3.8, 4) is 0 Å². The average molecular weight is 244 g/mol. The number of hydrogen-bond donors (Lipinski definition) is 2. The van der Waals surface area contributed by atoms with E-state index in [-0.39, 0.29) is 6.09 Å². The van der Waals surface area contributed by atoms with E-state index in [9.17, 15) is 4.79 Å². The lowest BCUT2D eigenvalue weighted by Crippen LogP contribution is -2.38. The first-order chi connectivity index (χ1) is 7.97. The highest BCUT2D eigenvalue weighted by atomic mass is 16.6. The second-order valence-corrected chi connectivity index (χ2v) is 5.30. The van der Waals surface area contributed by atoms with Crippen molar-refractivity contribution in [2.24, 2.45) is 0 Å². The molecule has 0 aromatic rings. The van der Waals surface area contributed by atoms with Crippen molar-refractivity contribution in [3.63, 3.8) is 0 Å². The molecule has 5 heteroatoms. The van der Waals surface area contributed by atoms with E-state index in [1.54, 1.807) is 0 Å². The van der Waals surface area contributed by atoms with Gasteiger partial charge in [0.2, 0.25) is 0 Å². The Morgan fingerprint density at radius 3 is 3.00 bits per heavy atom. The van der Waals surface area contributed by atoms with Crippen LogP contribution in [-0.4, -0.2) is 44.0 Å². The monoisotopic (exact) mass is 244 g/mol. The Bertz CT molecular complexity index is 230. The van der Waals surface area contributed by atoms with Crippen molar-refractivity contribution in [2.75, 3.05) is 26.3 Å². The van der Waals surface area contributed by atoms with Gasteiger partial charge in [0.1, 0.15) is 5.60 Å². The van der Waals surface area contributed by atoms with Crippen LogP contribution in [0.15, 0.2) is 0 Å². The lowest BCUT2D eigenvalue weighted by atomic mass is 10.2. The SMILES string of the molecule is CC(C)(C)OC(=O)NCCC1COCCCN1. The first-order valence-corrected chi connectivity index (χ1v) is 6.25. The second kappa shape index (κ2) is 6.81. The minimum absolute atomic E-state index is 0.326. The van der Waals surface area contributed by atoms with E-state index in [1.165, 1.54) is 0 Å². The molecule has 0 aromatic carbocycles. The van der Waals surface area contributed by atoms with Crippen LogP contribution in [0.25, 0.3) is 0 Å². The van der Waals surface area contributed by atoms with Crippen LogP contribution in [0.5, 0.6) is 0 Å². The Hall–Kier alpha value is -0.810. The van der Waals surface area contributed by atoms with Gasteiger partial charge in [-0.05, 0) is 40.2 Å². The predicted octanol–water partition coefficient (Wildman–Crippen LogP) is 1.28. The molecule has 1 fully saturated rings. The molecule has 0 aromatic heterocycles.